The average Bonchev–Trinajstić information content (AvgIpc) is 2.43. The van der Waals surface area contributed by atoms with Gasteiger partial charge in [0.25, 0.3) is 0 Å². The minimum Gasteiger partial charge on any atom is -0.444 e. The molecule has 106 valence electrons. The number of aryl methyl sites for hydroxylation is 2. The van der Waals surface area contributed by atoms with Crippen molar-refractivity contribution in [2.24, 2.45) is 0 Å². The van der Waals surface area contributed by atoms with Crippen LogP contribution in [-0.2, 0) is 6.54 Å². The predicted molar refractivity (Wildman–Crippen MR) is 77.8 cm³/mol. The SMILES string of the molecule is Cc1nc(CN2CC(C)NC(C)C2)oc1C.Cl.Cl. The first kappa shape index (κ1) is 17.7. The Hall–Kier alpha value is -0.290. The zero-order chi connectivity index (χ0) is 11.7. The third kappa shape index (κ3) is 4.43. The van der Waals surface area contributed by atoms with Crippen LogP contribution in [0.25, 0.3) is 0 Å². The molecule has 6 heteroatoms. The van der Waals surface area contributed by atoms with E-state index in [1.54, 1.807) is 0 Å². The lowest BCUT2D eigenvalue weighted by Crippen LogP contribution is -2.53. The molecule has 1 fully saturated rings. The van der Waals surface area contributed by atoms with E-state index in [4.69, 9.17) is 4.42 Å². The molecule has 1 aliphatic rings. The maximum atomic E-state index is 5.61. The highest BCUT2D eigenvalue weighted by Crippen LogP contribution is 2.13. The van der Waals surface area contributed by atoms with Crippen LogP contribution in [0, 0.1) is 13.8 Å². The van der Waals surface area contributed by atoms with Crippen LogP contribution in [0.5, 0.6) is 0 Å². The minimum atomic E-state index is 0. The predicted octanol–water partition coefficient (Wildman–Crippen LogP) is 2.32. The number of aromatic nitrogens is 1. The molecule has 1 N–H and O–H groups in total. The van der Waals surface area contributed by atoms with Gasteiger partial charge in [-0.2, -0.15) is 0 Å². The van der Waals surface area contributed by atoms with Gasteiger partial charge in [0.15, 0.2) is 0 Å². The highest BCUT2D eigenvalue weighted by molar-refractivity contribution is 5.85. The summed E-state index contributed by atoms with van der Waals surface area (Å²) in [6.45, 7) is 11.3. The molecule has 0 aliphatic carbocycles. The standard InChI is InChI=1S/C12H21N3O.2ClH/c1-8-5-15(6-9(2)13-8)7-12-14-10(3)11(4)16-12;;/h8-9,13H,5-7H2,1-4H3;2*1H. The molecule has 18 heavy (non-hydrogen) atoms. The van der Waals surface area contributed by atoms with E-state index in [1.165, 1.54) is 0 Å². The Bertz CT molecular complexity index is 341. The summed E-state index contributed by atoms with van der Waals surface area (Å²) in [6.07, 6.45) is 0. The van der Waals surface area contributed by atoms with Crippen LogP contribution in [0.1, 0.15) is 31.2 Å². The molecule has 0 radical (unpaired) electrons. The first-order valence-corrected chi connectivity index (χ1v) is 5.96. The largest absolute Gasteiger partial charge is 0.444 e. The molecule has 4 nitrogen and oxygen atoms in total. The fraction of sp³-hybridized carbons (Fsp3) is 0.750. The van der Waals surface area contributed by atoms with Gasteiger partial charge in [0.2, 0.25) is 5.89 Å². The van der Waals surface area contributed by atoms with E-state index in [9.17, 15) is 0 Å². The number of rotatable bonds is 2. The smallest absolute Gasteiger partial charge is 0.208 e. The summed E-state index contributed by atoms with van der Waals surface area (Å²) in [6, 6.07) is 1.09. The molecule has 2 heterocycles. The molecule has 2 rings (SSSR count). The molecular formula is C12H23Cl2N3O. The van der Waals surface area contributed by atoms with E-state index < -0.39 is 0 Å². The second kappa shape index (κ2) is 7.34. The molecule has 0 bridgehead atoms. The first-order valence-electron chi connectivity index (χ1n) is 5.96. The maximum absolute atomic E-state index is 5.61. The van der Waals surface area contributed by atoms with Crippen molar-refractivity contribution in [2.45, 2.75) is 46.3 Å². The van der Waals surface area contributed by atoms with Gasteiger partial charge >= 0.3 is 0 Å². The Morgan fingerprint density at radius 2 is 1.78 bits per heavy atom. The van der Waals surface area contributed by atoms with Crippen molar-refractivity contribution in [3.05, 3.63) is 17.3 Å². The van der Waals surface area contributed by atoms with Crippen molar-refractivity contribution in [1.82, 2.24) is 15.2 Å². The van der Waals surface area contributed by atoms with Crippen molar-refractivity contribution in [3.63, 3.8) is 0 Å². The fourth-order valence-electron chi connectivity index (χ4n) is 2.37. The highest BCUT2D eigenvalue weighted by atomic mass is 35.5. The van der Waals surface area contributed by atoms with Gasteiger partial charge in [-0.15, -0.1) is 24.8 Å². The summed E-state index contributed by atoms with van der Waals surface area (Å²) in [5, 5.41) is 3.52. The lowest BCUT2D eigenvalue weighted by molar-refractivity contribution is 0.153. The molecule has 1 aliphatic heterocycles. The summed E-state index contributed by atoms with van der Waals surface area (Å²) in [7, 11) is 0. The van der Waals surface area contributed by atoms with Crippen LogP contribution in [0.3, 0.4) is 0 Å². The quantitative estimate of drug-likeness (QED) is 0.909. The van der Waals surface area contributed by atoms with Gasteiger partial charge in [-0.05, 0) is 27.7 Å². The number of piperazine rings is 1. The number of oxazole rings is 1. The van der Waals surface area contributed by atoms with Gasteiger partial charge in [0.1, 0.15) is 5.76 Å². The second-order valence-corrected chi connectivity index (χ2v) is 4.91. The molecule has 0 aromatic carbocycles. The summed E-state index contributed by atoms with van der Waals surface area (Å²) in [5.41, 5.74) is 1.01. The monoisotopic (exact) mass is 295 g/mol. The van der Waals surface area contributed by atoms with Gasteiger partial charge in [-0.1, -0.05) is 0 Å². The van der Waals surface area contributed by atoms with Crippen LogP contribution < -0.4 is 5.32 Å². The molecular weight excluding hydrogens is 273 g/mol. The van der Waals surface area contributed by atoms with Crippen LogP contribution in [0.15, 0.2) is 4.42 Å². The van der Waals surface area contributed by atoms with Crippen molar-refractivity contribution in [3.8, 4) is 0 Å². The summed E-state index contributed by atoms with van der Waals surface area (Å²) in [5.74, 6) is 1.78. The van der Waals surface area contributed by atoms with E-state index in [0.29, 0.717) is 12.1 Å². The van der Waals surface area contributed by atoms with E-state index in [0.717, 1.165) is 37.0 Å². The van der Waals surface area contributed by atoms with Gasteiger partial charge < -0.3 is 9.73 Å². The average molecular weight is 296 g/mol. The Balaban J connectivity index is 0.00000144. The van der Waals surface area contributed by atoms with Gasteiger partial charge in [-0.3, -0.25) is 4.90 Å². The van der Waals surface area contributed by atoms with Crippen LogP contribution in [0.2, 0.25) is 0 Å². The van der Waals surface area contributed by atoms with Crippen molar-refractivity contribution >= 4 is 24.8 Å². The van der Waals surface area contributed by atoms with E-state index in [1.807, 2.05) is 13.8 Å². The zero-order valence-electron chi connectivity index (χ0n) is 11.4. The van der Waals surface area contributed by atoms with E-state index in [2.05, 4.69) is 29.0 Å². The van der Waals surface area contributed by atoms with Crippen LogP contribution in [0.4, 0.5) is 0 Å². The lowest BCUT2D eigenvalue weighted by Gasteiger charge is -2.35. The first-order chi connectivity index (χ1) is 7.54. The van der Waals surface area contributed by atoms with Gasteiger partial charge in [-0.25, -0.2) is 4.98 Å². The molecule has 0 amide bonds. The minimum absolute atomic E-state index is 0. The number of nitrogens with one attached hydrogen (secondary N) is 1. The summed E-state index contributed by atoms with van der Waals surface area (Å²) in [4.78, 5) is 6.83. The highest BCUT2D eigenvalue weighted by Gasteiger charge is 2.22. The van der Waals surface area contributed by atoms with Gasteiger partial charge in [0.05, 0.1) is 12.2 Å². The molecule has 1 aromatic heterocycles. The number of hydrogen-bond donors (Lipinski definition) is 1. The lowest BCUT2D eigenvalue weighted by atomic mass is 10.1. The number of halogens is 2. The van der Waals surface area contributed by atoms with E-state index >= 15 is 0 Å². The number of hydrogen-bond acceptors (Lipinski definition) is 4. The Morgan fingerprint density at radius 1 is 1.22 bits per heavy atom. The molecule has 2 unspecified atom stereocenters. The fourth-order valence-corrected chi connectivity index (χ4v) is 2.37. The maximum Gasteiger partial charge on any atom is 0.208 e. The molecule has 2 atom stereocenters. The van der Waals surface area contributed by atoms with E-state index in [-0.39, 0.29) is 24.8 Å². The van der Waals surface area contributed by atoms with Crippen LogP contribution >= 0.6 is 24.8 Å². The molecule has 0 spiro atoms. The molecule has 1 saturated heterocycles. The van der Waals surface area contributed by atoms with Gasteiger partial charge in [0, 0.05) is 25.2 Å². The Labute approximate surface area is 121 Å². The third-order valence-electron chi connectivity index (χ3n) is 3.06. The second-order valence-electron chi connectivity index (χ2n) is 4.91. The normalized spacial score (nSPS) is 24.2. The van der Waals surface area contributed by atoms with Crippen LogP contribution in [-0.4, -0.2) is 35.1 Å². The Kier molecular flexibility index (Phi) is 7.22. The third-order valence-corrected chi connectivity index (χ3v) is 3.06. The summed E-state index contributed by atoms with van der Waals surface area (Å²) >= 11 is 0. The van der Waals surface area contributed by atoms with Crippen molar-refractivity contribution < 1.29 is 4.42 Å². The zero-order valence-corrected chi connectivity index (χ0v) is 13.0. The van der Waals surface area contributed by atoms with Crippen molar-refractivity contribution in [1.29, 1.82) is 0 Å². The topological polar surface area (TPSA) is 41.3 Å². The molecule has 0 saturated carbocycles. The van der Waals surface area contributed by atoms with Crippen molar-refractivity contribution in [2.75, 3.05) is 13.1 Å². The molecule has 1 aromatic rings. The number of nitrogens with zero attached hydrogens (tertiary/aromatic N) is 2. The summed E-state index contributed by atoms with van der Waals surface area (Å²) < 4.78 is 5.61. The Morgan fingerprint density at radius 3 is 2.22 bits per heavy atom.